The molecule has 0 spiro atoms. The maximum atomic E-state index is 12.3. The predicted molar refractivity (Wildman–Crippen MR) is 85.3 cm³/mol. The van der Waals surface area contributed by atoms with Gasteiger partial charge in [-0.2, -0.15) is 8.42 Å². The highest BCUT2D eigenvalue weighted by Crippen LogP contribution is 2.38. The Labute approximate surface area is 141 Å². The Morgan fingerprint density at radius 2 is 1.82 bits per heavy atom. The van der Waals surface area contributed by atoms with E-state index in [0.29, 0.717) is 16.9 Å². The Balaban J connectivity index is 2.45. The van der Waals surface area contributed by atoms with E-state index in [9.17, 15) is 13.2 Å². The first-order valence-corrected chi connectivity index (χ1v) is 8.48. The lowest BCUT2D eigenvalue weighted by atomic mass is 10.2. The molecule has 22 heavy (non-hydrogen) atoms. The molecular formula is C14H10BrClO5S. The molecule has 0 saturated heterocycles. The fourth-order valence-electron chi connectivity index (χ4n) is 1.65. The number of methoxy groups -OCH3 is 1. The summed E-state index contributed by atoms with van der Waals surface area (Å²) in [6.07, 6.45) is 0.616. The zero-order valence-corrected chi connectivity index (χ0v) is 14.4. The van der Waals surface area contributed by atoms with Gasteiger partial charge in [-0.1, -0.05) is 11.6 Å². The summed E-state index contributed by atoms with van der Waals surface area (Å²) in [5, 5.41) is 0.410. The number of benzene rings is 2. The quantitative estimate of drug-likeness (QED) is 0.560. The van der Waals surface area contributed by atoms with E-state index in [1.165, 1.54) is 43.5 Å². The van der Waals surface area contributed by atoms with Crippen molar-refractivity contribution in [3.05, 3.63) is 51.5 Å². The van der Waals surface area contributed by atoms with Crippen molar-refractivity contribution in [3.8, 4) is 11.5 Å². The van der Waals surface area contributed by atoms with E-state index in [0.717, 1.165) is 0 Å². The van der Waals surface area contributed by atoms with E-state index in [1.807, 2.05) is 0 Å². The van der Waals surface area contributed by atoms with Crippen molar-refractivity contribution in [2.75, 3.05) is 7.11 Å². The van der Waals surface area contributed by atoms with Crippen LogP contribution >= 0.6 is 27.5 Å². The third-order valence-corrected chi connectivity index (χ3v) is 4.76. The highest BCUT2D eigenvalue weighted by atomic mass is 79.9. The fraction of sp³-hybridized carbons (Fsp3) is 0.0714. The summed E-state index contributed by atoms with van der Waals surface area (Å²) in [7, 11) is -2.72. The molecule has 2 rings (SSSR count). The Hall–Kier alpha value is -1.57. The van der Waals surface area contributed by atoms with Crippen molar-refractivity contribution in [1.29, 1.82) is 0 Å². The van der Waals surface area contributed by atoms with Crippen LogP contribution in [-0.2, 0) is 10.1 Å². The topological polar surface area (TPSA) is 69.7 Å². The first-order chi connectivity index (χ1) is 10.4. The van der Waals surface area contributed by atoms with Crippen LogP contribution in [-0.4, -0.2) is 21.8 Å². The van der Waals surface area contributed by atoms with Crippen LogP contribution in [0, 0.1) is 0 Å². The summed E-state index contributed by atoms with van der Waals surface area (Å²) in [5.41, 5.74) is 0.319. The van der Waals surface area contributed by atoms with Gasteiger partial charge < -0.3 is 8.92 Å². The molecule has 5 nitrogen and oxygen atoms in total. The molecule has 0 atom stereocenters. The lowest BCUT2D eigenvalue weighted by molar-refractivity contribution is 0.112. The van der Waals surface area contributed by atoms with E-state index < -0.39 is 10.1 Å². The highest BCUT2D eigenvalue weighted by molar-refractivity contribution is 9.10. The maximum Gasteiger partial charge on any atom is 0.339 e. The molecule has 0 radical (unpaired) electrons. The van der Waals surface area contributed by atoms with Gasteiger partial charge >= 0.3 is 10.1 Å². The third kappa shape index (κ3) is 3.60. The van der Waals surface area contributed by atoms with E-state index in [-0.39, 0.29) is 20.9 Å². The predicted octanol–water partition coefficient (Wildman–Crippen LogP) is 3.69. The number of aldehydes is 1. The molecule has 0 bridgehead atoms. The molecule has 0 aliphatic carbocycles. The second-order valence-corrected chi connectivity index (χ2v) is 6.98. The minimum Gasteiger partial charge on any atom is -0.493 e. The van der Waals surface area contributed by atoms with Crippen LogP contribution in [0.3, 0.4) is 0 Å². The number of hydrogen-bond acceptors (Lipinski definition) is 5. The molecule has 0 aliphatic heterocycles. The van der Waals surface area contributed by atoms with Crippen LogP contribution in [0.25, 0.3) is 0 Å². The van der Waals surface area contributed by atoms with Crippen molar-refractivity contribution in [3.63, 3.8) is 0 Å². The van der Waals surface area contributed by atoms with Gasteiger partial charge in [0.25, 0.3) is 0 Å². The molecule has 0 N–H and O–H groups in total. The van der Waals surface area contributed by atoms with Crippen molar-refractivity contribution in [2.45, 2.75) is 4.90 Å². The fourth-order valence-corrected chi connectivity index (χ4v) is 3.38. The number of carbonyl (C=O) groups excluding carboxylic acids is 1. The van der Waals surface area contributed by atoms with Crippen LogP contribution in [0.15, 0.2) is 45.8 Å². The molecule has 0 fully saturated rings. The minimum atomic E-state index is -4.06. The number of hydrogen-bond donors (Lipinski definition) is 0. The van der Waals surface area contributed by atoms with Crippen molar-refractivity contribution < 1.29 is 22.1 Å². The van der Waals surface area contributed by atoms with Crippen molar-refractivity contribution in [2.24, 2.45) is 0 Å². The summed E-state index contributed by atoms with van der Waals surface area (Å²) < 4.78 is 35.0. The highest BCUT2D eigenvalue weighted by Gasteiger charge is 2.22. The molecule has 0 heterocycles. The van der Waals surface area contributed by atoms with Crippen LogP contribution < -0.4 is 8.92 Å². The van der Waals surface area contributed by atoms with E-state index in [4.69, 9.17) is 20.5 Å². The van der Waals surface area contributed by atoms with Crippen LogP contribution in [0.5, 0.6) is 11.5 Å². The van der Waals surface area contributed by atoms with Gasteiger partial charge in [-0.25, -0.2) is 0 Å². The zero-order chi connectivity index (χ0) is 16.3. The van der Waals surface area contributed by atoms with Gasteiger partial charge in [-0.3, -0.25) is 4.79 Å². The summed E-state index contributed by atoms with van der Waals surface area (Å²) in [4.78, 5) is 10.8. The first-order valence-electron chi connectivity index (χ1n) is 5.90. The summed E-state index contributed by atoms with van der Waals surface area (Å²) in [6.45, 7) is 0. The summed E-state index contributed by atoms with van der Waals surface area (Å²) in [6, 6.07) is 8.36. The Bertz CT molecular complexity index is 803. The molecule has 0 amide bonds. The van der Waals surface area contributed by atoms with Gasteiger partial charge in [0.15, 0.2) is 11.5 Å². The third-order valence-electron chi connectivity index (χ3n) is 2.68. The minimum absolute atomic E-state index is 0.0388. The zero-order valence-electron chi connectivity index (χ0n) is 11.2. The van der Waals surface area contributed by atoms with Gasteiger partial charge in [0, 0.05) is 10.6 Å². The first kappa shape index (κ1) is 16.8. The van der Waals surface area contributed by atoms with Crippen molar-refractivity contribution in [1.82, 2.24) is 0 Å². The number of ether oxygens (including phenoxy) is 1. The summed E-state index contributed by atoms with van der Waals surface area (Å²) in [5.74, 6) is 0.0806. The average molecular weight is 406 g/mol. The van der Waals surface area contributed by atoms with Gasteiger partial charge in [0.2, 0.25) is 0 Å². The molecule has 0 unspecified atom stereocenters. The SMILES string of the molecule is COc1cc(C=O)cc(Br)c1OS(=O)(=O)c1ccc(Cl)cc1. The molecular weight excluding hydrogens is 396 g/mol. The largest absolute Gasteiger partial charge is 0.493 e. The standard InChI is InChI=1S/C14H10BrClO5S/c1-20-13-7-9(8-17)6-12(15)14(13)21-22(18,19)11-4-2-10(16)3-5-11/h2-8H,1H3. The van der Waals surface area contributed by atoms with Gasteiger partial charge in [0.05, 0.1) is 11.6 Å². The van der Waals surface area contributed by atoms with E-state index >= 15 is 0 Å². The molecule has 8 heteroatoms. The monoisotopic (exact) mass is 404 g/mol. The Morgan fingerprint density at radius 1 is 1.18 bits per heavy atom. The lowest BCUT2D eigenvalue weighted by Gasteiger charge is -2.13. The second-order valence-electron chi connectivity index (χ2n) is 4.14. The van der Waals surface area contributed by atoms with Gasteiger partial charge in [0.1, 0.15) is 11.2 Å². The second kappa shape index (κ2) is 6.68. The van der Waals surface area contributed by atoms with Crippen LogP contribution in [0.2, 0.25) is 5.02 Å². The summed E-state index contributed by atoms with van der Waals surface area (Å²) >= 11 is 8.90. The maximum absolute atomic E-state index is 12.3. The molecule has 116 valence electrons. The number of halogens is 2. The molecule has 0 saturated carbocycles. The van der Waals surface area contributed by atoms with Gasteiger partial charge in [-0.05, 0) is 52.3 Å². The Kier molecular flexibility index (Phi) is 5.10. The van der Waals surface area contributed by atoms with E-state index in [1.54, 1.807) is 0 Å². The van der Waals surface area contributed by atoms with E-state index in [2.05, 4.69) is 15.9 Å². The molecule has 0 aromatic heterocycles. The average Bonchev–Trinajstić information content (AvgIpc) is 2.49. The number of rotatable bonds is 5. The molecule has 0 aliphatic rings. The molecule has 2 aromatic rings. The smallest absolute Gasteiger partial charge is 0.339 e. The Morgan fingerprint density at radius 3 is 2.36 bits per heavy atom. The van der Waals surface area contributed by atoms with Crippen molar-refractivity contribution >= 4 is 43.9 Å². The lowest BCUT2D eigenvalue weighted by Crippen LogP contribution is -2.11. The van der Waals surface area contributed by atoms with Crippen LogP contribution in [0.1, 0.15) is 10.4 Å². The molecule has 2 aromatic carbocycles. The normalized spacial score (nSPS) is 11.0. The van der Waals surface area contributed by atoms with Gasteiger partial charge in [-0.15, -0.1) is 0 Å². The van der Waals surface area contributed by atoms with Crippen LogP contribution in [0.4, 0.5) is 0 Å². The number of carbonyl (C=O) groups is 1.